The molecule has 0 aromatic carbocycles. The second-order valence-electron chi connectivity index (χ2n) is 4.60. The van der Waals surface area contributed by atoms with Gasteiger partial charge in [0.05, 0.1) is 6.20 Å². The Morgan fingerprint density at radius 2 is 2.00 bits per heavy atom. The number of rotatable bonds is 4. The van der Waals surface area contributed by atoms with Crippen LogP contribution < -0.4 is 10.2 Å². The molecule has 20 heavy (non-hydrogen) atoms. The van der Waals surface area contributed by atoms with Crippen LogP contribution in [0.4, 0.5) is 11.9 Å². The Morgan fingerprint density at radius 1 is 1.15 bits per heavy atom. The SMILES string of the molecule is CCNc1nc(-c2cnccn2)nc(N2CCCC2)n1. The first kappa shape index (κ1) is 12.7. The zero-order valence-electron chi connectivity index (χ0n) is 11.5. The van der Waals surface area contributed by atoms with Crippen molar-refractivity contribution in [1.29, 1.82) is 0 Å². The van der Waals surface area contributed by atoms with Crippen LogP contribution >= 0.6 is 0 Å². The van der Waals surface area contributed by atoms with E-state index in [1.165, 1.54) is 12.8 Å². The van der Waals surface area contributed by atoms with Gasteiger partial charge in [-0.3, -0.25) is 4.98 Å². The van der Waals surface area contributed by atoms with Gasteiger partial charge in [-0.25, -0.2) is 4.98 Å². The predicted octanol–water partition coefficient (Wildman–Crippen LogP) is 1.36. The third kappa shape index (κ3) is 2.66. The lowest BCUT2D eigenvalue weighted by Crippen LogP contribution is -2.22. The molecule has 0 aliphatic carbocycles. The zero-order valence-corrected chi connectivity index (χ0v) is 11.5. The van der Waals surface area contributed by atoms with E-state index in [9.17, 15) is 0 Å². The average molecular weight is 271 g/mol. The van der Waals surface area contributed by atoms with Crippen molar-refractivity contribution in [1.82, 2.24) is 24.9 Å². The maximum atomic E-state index is 4.53. The maximum Gasteiger partial charge on any atom is 0.230 e. The van der Waals surface area contributed by atoms with Crippen molar-refractivity contribution in [3.05, 3.63) is 18.6 Å². The summed E-state index contributed by atoms with van der Waals surface area (Å²) in [4.78, 5) is 23.9. The largest absolute Gasteiger partial charge is 0.354 e. The summed E-state index contributed by atoms with van der Waals surface area (Å²) in [6.45, 7) is 4.77. The predicted molar refractivity (Wildman–Crippen MR) is 76.5 cm³/mol. The molecule has 104 valence electrons. The molecule has 0 amide bonds. The van der Waals surface area contributed by atoms with Crippen molar-refractivity contribution in [2.24, 2.45) is 0 Å². The van der Waals surface area contributed by atoms with E-state index in [0.29, 0.717) is 23.4 Å². The molecule has 3 heterocycles. The van der Waals surface area contributed by atoms with Gasteiger partial charge in [0.2, 0.25) is 11.9 Å². The molecule has 2 aromatic rings. The van der Waals surface area contributed by atoms with Gasteiger partial charge in [-0.1, -0.05) is 0 Å². The summed E-state index contributed by atoms with van der Waals surface area (Å²) in [6.07, 6.45) is 7.31. The van der Waals surface area contributed by atoms with Crippen molar-refractivity contribution in [3.8, 4) is 11.5 Å². The van der Waals surface area contributed by atoms with E-state index >= 15 is 0 Å². The Hall–Kier alpha value is -2.31. The first-order valence-electron chi connectivity index (χ1n) is 6.88. The average Bonchev–Trinajstić information content (AvgIpc) is 3.02. The van der Waals surface area contributed by atoms with Crippen LogP contribution in [0.15, 0.2) is 18.6 Å². The standard InChI is InChI=1S/C13H17N7/c1-2-15-12-17-11(10-9-14-5-6-16-10)18-13(19-12)20-7-3-4-8-20/h5-6,9H,2-4,7-8H2,1H3,(H,15,17,18,19). The van der Waals surface area contributed by atoms with Gasteiger partial charge in [0, 0.05) is 32.0 Å². The van der Waals surface area contributed by atoms with E-state index in [4.69, 9.17) is 0 Å². The molecule has 0 unspecified atom stereocenters. The summed E-state index contributed by atoms with van der Waals surface area (Å²) in [5, 5.41) is 3.14. The van der Waals surface area contributed by atoms with E-state index in [2.05, 4.69) is 35.1 Å². The quantitative estimate of drug-likeness (QED) is 0.899. The van der Waals surface area contributed by atoms with Crippen LogP contribution in [0.5, 0.6) is 0 Å². The van der Waals surface area contributed by atoms with Crippen LogP contribution in [-0.2, 0) is 0 Å². The molecular formula is C13H17N7. The smallest absolute Gasteiger partial charge is 0.230 e. The van der Waals surface area contributed by atoms with Crippen LogP contribution in [0.25, 0.3) is 11.5 Å². The van der Waals surface area contributed by atoms with Gasteiger partial charge in [-0.05, 0) is 19.8 Å². The van der Waals surface area contributed by atoms with Gasteiger partial charge in [0.15, 0.2) is 5.82 Å². The normalized spacial score (nSPS) is 14.6. The van der Waals surface area contributed by atoms with Crippen molar-refractivity contribution < 1.29 is 0 Å². The molecule has 7 nitrogen and oxygen atoms in total. The third-order valence-corrected chi connectivity index (χ3v) is 3.14. The Balaban J connectivity index is 2.00. The lowest BCUT2D eigenvalue weighted by Gasteiger charge is -2.16. The number of anilines is 2. The molecule has 7 heteroatoms. The Labute approximate surface area is 117 Å². The topological polar surface area (TPSA) is 79.7 Å². The summed E-state index contributed by atoms with van der Waals surface area (Å²) in [5.41, 5.74) is 0.662. The van der Waals surface area contributed by atoms with Crippen molar-refractivity contribution >= 4 is 11.9 Å². The first-order valence-corrected chi connectivity index (χ1v) is 6.88. The van der Waals surface area contributed by atoms with Gasteiger partial charge in [0.1, 0.15) is 5.69 Å². The summed E-state index contributed by atoms with van der Waals surface area (Å²) in [5.74, 6) is 1.87. The highest BCUT2D eigenvalue weighted by atomic mass is 15.3. The summed E-state index contributed by atoms with van der Waals surface area (Å²) in [7, 11) is 0. The first-order chi connectivity index (χ1) is 9.86. The third-order valence-electron chi connectivity index (χ3n) is 3.14. The minimum atomic E-state index is 0.561. The van der Waals surface area contributed by atoms with Crippen LogP contribution in [0.2, 0.25) is 0 Å². The molecule has 1 aliphatic heterocycles. The highest BCUT2D eigenvalue weighted by molar-refractivity contribution is 5.53. The number of nitrogens with one attached hydrogen (secondary N) is 1. The van der Waals surface area contributed by atoms with Gasteiger partial charge in [0.25, 0.3) is 0 Å². The van der Waals surface area contributed by atoms with Crippen LogP contribution in [0.1, 0.15) is 19.8 Å². The number of hydrogen-bond acceptors (Lipinski definition) is 7. The van der Waals surface area contributed by atoms with Gasteiger partial charge in [-0.15, -0.1) is 0 Å². The van der Waals surface area contributed by atoms with Crippen molar-refractivity contribution in [2.75, 3.05) is 29.9 Å². The molecule has 1 saturated heterocycles. The Morgan fingerprint density at radius 3 is 2.70 bits per heavy atom. The van der Waals surface area contributed by atoms with Crippen LogP contribution in [-0.4, -0.2) is 44.6 Å². The molecule has 3 rings (SSSR count). The fourth-order valence-corrected chi connectivity index (χ4v) is 2.19. The molecular weight excluding hydrogens is 254 g/mol. The van der Waals surface area contributed by atoms with E-state index in [-0.39, 0.29) is 0 Å². The molecule has 0 bridgehead atoms. The van der Waals surface area contributed by atoms with Crippen molar-refractivity contribution in [3.63, 3.8) is 0 Å². The molecule has 0 saturated carbocycles. The number of nitrogens with zero attached hydrogens (tertiary/aromatic N) is 6. The van der Waals surface area contributed by atoms with Gasteiger partial charge >= 0.3 is 0 Å². The second-order valence-corrected chi connectivity index (χ2v) is 4.60. The lowest BCUT2D eigenvalue weighted by atomic mass is 10.4. The molecule has 2 aromatic heterocycles. The van der Waals surface area contributed by atoms with E-state index < -0.39 is 0 Å². The minimum Gasteiger partial charge on any atom is -0.354 e. The van der Waals surface area contributed by atoms with Crippen molar-refractivity contribution in [2.45, 2.75) is 19.8 Å². The fraction of sp³-hybridized carbons (Fsp3) is 0.462. The van der Waals surface area contributed by atoms with Crippen LogP contribution in [0.3, 0.4) is 0 Å². The van der Waals surface area contributed by atoms with Crippen LogP contribution in [0, 0.1) is 0 Å². The van der Waals surface area contributed by atoms with E-state index in [1.807, 2.05) is 6.92 Å². The molecule has 0 spiro atoms. The summed E-state index contributed by atoms with van der Waals surface area (Å²) >= 11 is 0. The summed E-state index contributed by atoms with van der Waals surface area (Å²) in [6, 6.07) is 0. The number of hydrogen-bond donors (Lipinski definition) is 1. The molecule has 1 aliphatic rings. The number of aromatic nitrogens is 5. The Bertz CT molecular complexity index is 566. The zero-order chi connectivity index (χ0) is 13.8. The lowest BCUT2D eigenvalue weighted by molar-refractivity contribution is 0.879. The molecule has 1 N–H and O–H groups in total. The second kappa shape index (κ2) is 5.77. The fourth-order valence-electron chi connectivity index (χ4n) is 2.19. The highest BCUT2D eigenvalue weighted by Gasteiger charge is 2.18. The maximum absolute atomic E-state index is 4.53. The minimum absolute atomic E-state index is 0.561. The Kier molecular flexibility index (Phi) is 3.67. The highest BCUT2D eigenvalue weighted by Crippen LogP contribution is 2.20. The molecule has 0 radical (unpaired) electrons. The van der Waals surface area contributed by atoms with E-state index in [0.717, 1.165) is 19.6 Å². The summed E-state index contributed by atoms with van der Waals surface area (Å²) < 4.78 is 0. The molecule has 1 fully saturated rings. The van der Waals surface area contributed by atoms with Gasteiger partial charge < -0.3 is 10.2 Å². The monoisotopic (exact) mass is 271 g/mol. The van der Waals surface area contributed by atoms with E-state index in [1.54, 1.807) is 18.6 Å². The molecule has 0 atom stereocenters. The van der Waals surface area contributed by atoms with Gasteiger partial charge in [-0.2, -0.15) is 15.0 Å².